The molecule has 26 heavy (non-hydrogen) atoms. The number of rotatable bonds is 4. The second-order valence-corrected chi connectivity index (χ2v) is 7.44. The number of aliphatic carboxylic acids is 1. The topological polar surface area (TPSA) is 85.3 Å². The van der Waals surface area contributed by atoms with E-state index >= 15 is 0 Å². The number of amides is 1. The molecule has 0 bridgehead atoms. The Bertz CT molecular complexity index is 669. The van der Waals surface area contributed by atoms with Crippen LogP contribution in [0.1, 0.15) is 44.2 Å². The van der Waals surface area contributed by atoms with Crippen LogP contribution >= 0.6 is 0 Å². The predicted molar refractivity (Wildman–Crippen MR) is 96.0 cm³/mol. The Morgan fingerprint density at radius 3 is 2.12 bits per heavy atom. The maximum atomic E-state index is 12.5. The molecule has 0 saturated carbocycles. The minimum atomic E-state index is -1.08. The molecule has 7 heteroatoms. The van der Waals surface area contributed by atoms with Gasteiger partial charge < -0.3 is 19.3 Å². The van der Waals surface area contributed by atoms with Crippen molar-refractivity contribution in [1.82, 2.24) is 4.90 Å². The fourth-order valence-electron chi connectivity index (χ4n) is 3.36. The Labute approximate surface area is 153 Å². The van der Waals surface area contributed by atoms with E-state index < -0.39 is 29.6 Å². The van der Waals surface area contributed by atoms with Crippen LogP contribution in [0.25, 0.3) is 0 Å². The molecule has 1 heterocycles. The van der Waals surface area contributed by atoms with Gasteiger partial charge >= 0.3 is 12.1 Å². The highest BCUT2D eigenvalue weighted by molar-refractivity contribution is 5.82. The van der Waals surface area contributed by atoms with Gasteiger partial charge in [0.2, 0.25) is 0 Å². The van der Waals surface area contributed by atoms with Crippen LogP contribution in [0.4, 0.5) is 4.79 Å². The molecule has 1 aliphatic rings. The Morgan fingerprint density at radius 2 is 1.69 bits per heavy atom. The first kappa shape index (κ1) is 19.9. The van der Waals surface area contributed by atoms with Crippen LogP contribution in [0.3, 0.4) is 0 Å². The largest absolute Gasteiger partial charge is 0.496 e. The number of ether oxygens (including phenoxy) is 3. The molecule has 1 saturated heterocycles. The first-order valence-electron chi connectivity index (χ1n) is 8.54. The van der Waals surface area contributed by atoms with E-state index in [1.54, 1.807) is 20.8 Å². The zero-order valence-corrected chi connectivity index (χ0v) is 16.2. The predicted octanol–water partition coefficient (Wildman–Crippen LogP) is 3.19. The Morgan fingerprint density at radius 1 is 1.15 bits per heavy atom. The maximum Gasteiger partial charge on any atom is 0.411 e. The van der Waals surface area contributed by atoms with E-state index in [0.717, 1.165) is 5.56 Å². The number of methoxy groups -OCH3 is 2. The molecule has 1 amide bonds. The van der Waals surface area contributed by atoms with Gasteiger partial charge in [0, 0.05) is 18.0 Å². The summed E-state index contributed by atoms with van der Waals surface area (Å²) >= 11 is 0. The Hall–Kier alpha value is -2.44. The van der Waals surface area contributed by atoms with Crippen LogP contribution in [-0.4, -0.2) is 54.5 Å². The zero-order valence-electron chi connectivity index (χ0n) is 16.2. The maximum absolute atomic E-state index is 12.5. The summed E-state index contributed by atoms with van der Waals surface area (Å²) in [6.07, 6.45) is -0.149. The first-order valence-corrected chi connectivity index (χ1v) is 8.54. The Kier molecular flexibility index (Phi) is 5.68. The third-order valence-electron chi connectivity index (χ3n) is 4.34. The second kappa shape index (κ2) is 7.43. The van der Waals surface area contributed by atoms with Gasteiger partial charge in [0.15, 0.2) is 0 Å². The van der Waals surface area contributed by atoms with Crippen molar-refractivity contribution in [3.8, 4) is 11.5 Å². The molecule has 7 nitrogen and oxygen atoms in total. The van der Waals surface area contributed by atoms with E-state index in [4.69, 9.17) is 14.2 Å². The lowest BCUT2D eigenvalue weighted by molar-refractivity contribution is -0.142. The van der Waals surface area contributed by atoms with E-state index in [1.165, 1.54) is 19.1 Å². The molecule has 0 spiro atoms. The molecule has 2 rings (SSSR count). The molecule has 1 aliphatic heterocycles. The van der Waals surface area contributed by atoms with Crippen LogP contribution in [0.15, 0.2) is 12.1 Å². The summed E-state index contributed by atoms with van der Waals surface area (Å²) in [5, 5.41) is 9.81. The van der Waals surface area contributed by atoms with E-state index in [-0.39, 0.29) is 6.54 Å². The van der Waals surface area contributed by atoms with Crippen LogP contribution in [-0.2, 0) is 9.53 Å². The molecular weight excluding hydrogens is 338 g/mol. The minimum absolute atomic E-state index is 0.288. The summed E-state index contributed by atoms with van der Waals surface area (Å²) in [6, 6.07) is 2.63. The standard InChI is InChI=1S/C19H27NO6/c1-11-9-13(24-5)15(14(10-11)25-6)12-7-8-20(16(12)17(21)22)18(23)26-19(2,3)4/h9-10,12,16H,7-8H2,1-6H3,(H,21,22)/t12-,16-/m1/s1. The number of nitrogens with zero attached hydrogens (tertiary/aromatic N) is 1. The van der Waals surface area contributed by atoms with Crippen molar-refractivity contribution in [1.29, 1.82) is 0 Å². The van der Waals surface area contributed by atoms with E-state index in [2.05, 4.69) is 0 Å². The number of hydrogen-bond acceptors (Lipinski definition) is 5. The van der Waals surface area contributed by atoms with Crippen LogP contribution in [0.5, 0.6) is 11.5 Å². The number of benzene rings is 1. The fourth-order valence-corrected chi connectivity index (χ4v) is 3.36. The molecule has 0 radical (unpaired) electrons. The lowest BCUT2D eigenvalue weighted by atomic mass is 9.89. The van der Waals surface area contributed by atoms with Crippen molar-refractivity contribution in [2.24, 2.45) is 0 Å². The monoisotopic (exact) mass is 365 g/mol. The highest BCUT2D eigenvalue weighted by Gasteiger charge is 2.46. The summed E-state index contributed by atoms with van der Waals surface area (Å²) < 4.78 is 16.3. The van der Waals surface area contributed by atoms with Gasteiger partial charge in [-0.25, -0.2) is 9.59 Å². The molecule has 1 aromatic carbocycles. The Balaban J connectivity index is 2.45. The van der Waals surface area contributed by atoms with Crippen LogP contribution in [0.2, 0.25) is 0 Å². The van der Waals surface area contributed by atoms with Gasteiger partial charge in [0.25, 0.3) is 0 Å². The SMILES string of the molecule is COc1cc(C)cc(OC)c1[C@H]1CCN(C(=O)OC(C)(C)C)[C@H]1C(=O)O. The summed E-state index contributed by atoms with van der Waals surface area (Å²) in [4.78, 5) is 25.8. The summed E-state index contributed by atoms with van der Waals surface area (Å²) in [6.45, 7) is 7.45. The summed E-state index contributed by atoms with van der Waals surface area (Å²) in [5.41, 5.74) is 0.910. The van der Waals surface area contributed by atoms with Gasteiger partial charge in [-0.15, -0.1) is 0 Å². The van der Waals surface area contributed by atoms with E-state index in [0.29, 0.717) is 23.5 Å². The van der Waals surface area contributed by atoms with Gasteiger partial charge in [-0.05, 0) is 51.8 Å². The van der Waals surface area contributed by atoms with Crippen molar-refractivity contribution >= 4 is 12.1 Å². The normalized spacial score (nSPS) is 20.0. The smallest absolute Gasteiger partial charge is 0.411 e. The number of carboxylic acid groups (broad SMARTS) is 1. The van der Waals surface area contributed by atoms with E-state index in [9.17, 15) is 14.7 Å². The highest BCUT2D eigenvalue weighted by Crippen LogP contribution is 2.44. The molecular formula is C19H27NO6. The summed E-state index contributed by atoms with van der Waals surface area (Å²) in [7, 11) is 3.07. The van der Waals surface area contributed by atoms with Crippen molar-refractivity contribution < 1.29 is 28.9 Å². The third kappa shape index (κ3) is 4.03. The highest BCUT2D eigenvalue weighted by atomic mass is 16.6. The van der Waals surface area contributed by atoms with Gasteiger partial charge in [-0.1, -0.05) is 0 Å². The average Bonchev–Trinajstić information content (AvgIpc) is 2.97. The molecule has 1 fully saturated rings. The summed E-state index contributed by atoms with van der Waals surface area (Å²) in [5.74, 6) is -0.415. The molecule has 144 valence electrons. The van der Waals surface area contributed by atoms with Gasteiger partial charge in [-0.2, -0.15) is 0 Å². The number of carbonyl (C=O) groups excluding carboxylic acids is 1. The van der Waals surface area contributed by atoms with Crippen LogP contribution in [0, 0.1) is 6.92 Å². The lowest BCUT2D eigenvalue weighted by Crippen LogP contribution is -2.45. The number of likely N-dealkylation sites (tertiary alicyclic amines) is 1. The number of hydrogen-bond donors (Lipinski definition) is 1. The molecule has 1 N–H and O–H groups in total. The van der Waals surface area contributed by atoms with Gasteiger partial charge in [0.05, 0.1) is 14.2 Å². The lowest BCUT2D eigenvalue weighted by Gasteiger charge is -2.29. The molecule has 0 unspecified atom stereocenters. The van der Waals surface area contributed by atoms with Crippen molar-refractivity contribution in [2.75, 3.05) is 20.8 Å². The first-order chi connectivity index (χ1) is 12.1. The molecule has 1 aromatic rings. The van der Waals surface area contributed by atoms with Gasteiger partial charge in [0.1, 0.15) is 23.1 Å². The molecule has 2 atom stereocenters. The van der Waals surface area contributed by atoms with Crippen molar-refractivity contribution in [3.63, 3.8) is 0 Å². The zero-order chi connectivity index (χ0) is 19.6. The molecule has 0 aromatic heterocycles. The minimum Gasteiger partial charge on any atom is -0.496 e. The number of carbonyl (C=O) groups is 2. The average molecular weight is 365 g/mol. The third-order valence-corrected chi connectivity index (χ3v) is 4.34. The quantitative estimate of drug-likeness (QED) is 0.882. The van der Waals surface area contributed by atoms with Crippen LogP contribution < -0.4 is 9.47 Å². The van der Waals surface area contributed by atoms with E-state index in [1.807, 2.05) is 19.1 Å². The molecule has 0 aliphatic carbocycles. The van der Waals surface area contributed by atoms with Gasteiger partial charge in [-0.3, -0.25) is 4.90 Å². The van der Waals surface area contributed by atoms with Crippen molar-refractivity contribution in [3.05, 3.63) is 23.3 Å². The number of carboxylic acids is 1. The fraction of sp³-hybridized carbons (Fsp3) is 0.579. The van der Waals surface area contributed by atoms with Crippen molar-refractivity contribution in [2.45, 2.75) is 51.7 Å². The second-order valence-electron chi connectivity index (χ2n) is 7.44. The number of aryl methyl sites for hydroxylation is 1.